The first-order chi connectivity index (χ1) is 5.20. The van der Waals surface area contributed by atoms with Gasteiger partial charge in [-0.3, -0.25) is 10.5 Å². The van der Waals surface area contributed by atoms with Gasteiger partial charge in [-0.05, 0) is 31.9 Å². The van der Waals surface area contributed by atoms with Gasteiger partial charge in [-0.15, -0.1) is 0 Å². The van der Waals surface area contributed by atoms with Crippen molar-refractivity contribution in [1.82, 2.24) is 0 Å². The van der Waals surface area contributed by atoms with Crippen molar-refractivity contribution >= 4 is 0 Å². The molecule has 0 atom stereocenters. The molecular formula is C9H14O2. The third-order valence-electron chi connectivity index (χ3n) is 1.66. The molecule has 0 saturated carbocycles. The molecule has 0 radical (unpaired) electrons. The summed E-state index contributed by atoms with van der Waals surface area (Å²) in [7, 11) is 0. The molecule has 0 aliphatic heterocycles. The van der Waals surface area contributed by atoms with Crippen molar-refractivity contribution in [3.63, 3.8) is 0 Å². The lowest BCUT2D eigenvalue weighted by Gasteiger charge is -1.98. The maximum Gasteiger partial charge on any atom is -0.0395 e. The standard InChI is InChI=1S/C9H12.H2O2/c1-7-4-5-8(2)9(3)6-7;1-2/h4-6H,1-3H3;1-2H. The van der Waals surface area contributed by atoms with E-state index in [9.17, 15) is 0 Å². The molecule has 11 heavy (non-hydrogen) atoms. The number of hydrogen-bond donors (Lipinski definition) is 2. The van der Waals surface area contributed by atoms with Crippen LogP contribution in [0.4, 0.5) is 0 Å². The summed E-state index contributed by atoms with van der Waals surface area (Å²) in [5.41, 5.74) is 4.11. The lowest BCUT2D eigenvalue weighted by atomic mass is 10.1. The van der Waals surface area contributed by atoms with Crippen LogP contribution in [0.1, 0.15) is 16.7 Å². The van der Waals surface area contributed by atoms with Gasteiger partial charge in [0, 0.05) is 0 Å². The van der Waals surface area contributed by atoms with Gasteiger partial charge in [-0.1, -0.05) is 23.8 Å². The molecule has 0 aliphatic rings. The summed E-state index contributed by atoms with van der Waals surface area (Å²) >= 11 is 0. The van der Waals surface area contributed by atoms with Crippen molar-refractivity contribution in [3.8, 4) is 0 Å². The van der Waals surface area contributed by atoms with Gasteiger partial charge in [0.1, 0.15) is 0 Å². The highest BCUT2D eigenvalue weighted by atomic mass is 17.0. The van der Waals surface area contributed by atoms with E-state index in [-0.39, 0.29) is 0 Å². The van der Waals surface area contributed by atoms with E-state index in [1.807, 2.05) is 0 Å². The second-order valence-corrected chi connectivity index (χ2v) is 2.59. The fourth-order valence-electron chi connectivity index (χ4n) is 0.891. The van der Waals surface area contributed by atoms with Crippen LogP contribution in [0, 0.1) is 20.8 Å². The molecule has 0 spiro atoms. The number of aryl methyl sites for hydroxylation is 3. The minimum Gasteiger partial charge on any atom is -0.255 e. The summed E-state index contributed by atoms with van der Waals surface area (Å²) < 4.78 is 0. The van der Waals surface area contributed by atoms with E-state index in [1.165, 1.54) is 16.7 Å². The Bertz CT molecular complexity index is 219. The summed E-state index contributed by atoms with van der Waals surface area (Å²) in [4.78, 5) is 0. The number of rotatable bonds is 0. The molecular weight excluding hydrogens is 140 g/mol. The summed E-state index contributed by atoms with van der Waals surface area (Å²) in [6.07, 6.45) is 0. The molecule has 0 aliphatic carbocycles. The molecule has 2 N–H and O–H groups in total. The SMILES string of the molecule is Cc1ccc(C)c(C)c1.OO. The molecule has 1 aromatic carbocycles. The van der Waals surface area contributed by atoms with Crippen molar-refractivity contribution in [2.24, 2.45) is 0 Å². The molecule has 0 bridgehead atoms. The van der Waals surface area contributed by atoms with Crippen LogP contribution in [0.5, 0.6) is 0 Å². The van der Waals surface area contributed by atoms with Crippen LogP contribution < -0.4 is 0 Å². The molecule has 2 nitrogen and oxygen atoms in total. The Morgan fingerprint density at radius 2 is 1.45 bits per heavy atom. The van der Waals surface area contributed by atoms with Crippen LogP contribution in [-0.4, -0.2) is 10.5 Å². The molecule has 0 fully saturated rings. The minimum absolute atomic E-state index is 1.35. The normalized spacial score (nSPS) is 8.45. The van der Waals surface area contributed by atoms with Gasteiger partial charge in [0.15, 0.2) is 0 Å². The summed E-state index contributed by atoms with van der Waals surface area (Å²) in [5, 5.41) is 12.0. The zero-order valence-electron chi connectivity index (χ0n) is 7.13. The summed E-state index contributed by atoms with van der Waals surface area (Å²) in [6.45, 7) is 6.39. The summed E-state index contributed by atoms with van der Waals surface area (Å²) in [6, 6.07) is 6.50. The minimum atomic E-state index is 1.35. The van der Waals surface area contributed by atoms with Crippen LogP contribution in [-0.2, 0) is 0 Å². The predicted octanol–water partition coefficient (Wildman–Crippen LogP) is 2.63. The van der Waals surface area contributed by atoms with Crippen LogP contribution in [0.25, 0.3) is 0 Å². The molecule has 1 aromatic rings. The Balaban J connectivity index is 0.000000461. The van der Waals surface area contributed by atoms with Crippen molar-refractivity contribution in [2.45, 2.75) is 20.8 Å². The van der Waals surface area contributed by atoms with Crippen molar-refractivity contribution < 1.29 is 10.5 Å². The van der Waals surface area contributed by atoms with Gasteiger partial charge in [0.05, 0.1) is 0 Å². The van der Waals surface area contributed by atoms with E-state index in [0.29, 0.717) is 0 Å². The molecule has 0 aromatic heterocycles. The Kier molecular flexibility index (Phi) is 4.50. The average Bonchev–Trinajstić information content (AvgIpc) is 2.02. The van der Waals surface area contributed by atoms with E-state index in [2.05, 4.69) is 39.0 Å². The zero-order valence-corrected chi connectivity index (χ0v) is 7.13. The van der Waals surface area contributed by atoms with Crippen LogP contribution >= 0.6 is 0 Å². The molecule has 0 heterocycles. The molecule has 0 unspecified atom stereocenters. The van der Waals surface area contributed by atoms with Gasteiger partial charge in [0.2, 0.25) is 0 Å². The van der Waals surface area contributed by atoms with Crippen LogP contribution in [0.3, 0.4) is 0 Å². The van der Waals surface area contributed by atoms with Gasteiger partial charge in [0.25, 0.3) is 0 Å². The molecule has 1 rings (SSSR count). The van der Waals surface area contributed by atoms with Gasteiger partial charge in [-0.2, -0.15) is 0 Å². The van der Waals surface area contributed by atoms with Gasteiger partial charge < -0.3 is 0 Å². The van der Waals surface area contributed by atoms with Crippen LogP contribution in [0.2, 0.25) is 0 Å². The first-order valence-electron chi connectivity index (χ1n) is 3.44. The Hall–Kier alpha value is -0.860. The highest BCUT2D eigenvalue weighted by molar-refractivity contribution is 5.28. The molecule has 0 amide bonds. The Morgan fingerprint density at radius 1 is 0.909 bits per heavy atom. The van der Waals surface area contributed by atoms with Crippen LogP contribution in [0.15, 0.2) is 18.2 Å². The fourth-order valence-corrected chi connectivity index (χ4v) is 0.891. The summed E-state index contributed by atoms with van der Waals surface area (Å²) in [5.74, 6) is 0. The maximum atomic E-state index is 6.00. The van der Waals surface area contributed by atoms with E-state index in [1.54, 1.807) is 0 Å². The smallest absolute Gasteiger partial charge is 0.0395 e. The van der Waals surface area contributed by atoms with Crippen molar-refractivity contribution in [3.05, 3.63) is 34.9 Å². The highest BCUT2D eigenvalue weighted by Gasteiger charge is 1.89. The third-order valence-corrected chi connectivity index (χ3v) is 1.66. The van der Waals surface area contributed by atoms with E-state index < -0.39 is 0 Å². The first kappa shape index (κ1) is 10.1. The fraction of sp³-hybridized carbons (Fsp3) is 0.333. The second kappa shape index (κ2) is 4.88. The van der Waals surface area contributed by atoms with Gasteiger partial charge >= 0.3 is 0 Å². The Labute approximate surface area is 67.0 Å². The van der Waals surface area contributed by atoms with E-state index in [4.69, 9.17) is 10.5 Å². The van der Waals surface area contributed by atoms with Crippen molar-refractivity contribution in [2.75, 3.05) is 0 Å². The lowest BCUT2D eigenvalue weighted by Crippen LogP contribution is -1.79. The zero-order chi connectivity index (χ0) is 8.85. The molecule has 2 heteroatoms. The first-order valence-corrected chi connectivity index (χ1v) is 3.44. The lowest BCUT2D eigenvalue weighted by molar-refractivity contribution is -0.176. The average molecular weight is 154 g/mol. The largest absolute Gasteiger partial charge is 0.255 e. The number of benzene rings is 1. The monoisotopic (exact) mass is 154 g/mol. The maximum absolute atomic E-state index is 6.00. The Morgan fingerprint density at radius 3 is 1.82 bits per heavy atom. The van der Waals surface area contributed by atoms with E-state index >= 15 is 0 Å². The quantitative estimate of drug-likeness (QED) is 0.445. The van der Waals surface area contributed by atoms with Gasteiger partial charge in [-0.25, -0.2) is 0 Å². The highest BCUT2D eigenvalue weighted by Crippen LogP contribution is 2.07. The topological polar surface area (TPSA) is 40.5 Å². The second-order valence-electron chi connectivity index (χ2n) is 2.59. The van der Waals surface area contributed by atoms with Crippen molar-refractivity contribution in [1.29, 1.82) is 0 Å². The van der Waals surface area contributed by atoms with E-state index in [0.717, 1.165) is 0 Å². The third kappa shape index (κ3) is 3.16. The molecule has 0 saturated heterocycles. The molecule has 62 valence electrons. The predicted molar refractivity (Wildman–Crippen MR) is 45.9 cm³/mol. The number of hydrogen-bond acceptors (Lipinski definition) is 2.